The molecule has 1 amide bonds. The fourth-order valence-electron chi connectivity index (χ4n) is 8.06. The molecule has 2 aromatic carbocycles. The molecule has 44 heavy (non-hydrogen) atoms. The van der Waals surface area contributed by atoms with Crippen molar-refractivity contribution in [2.75, 3.05) is 11.3 Å². The molecule has 3 aliphatic rings. The van der Waals surface area contributed by atoms with Crippen molar-refractivity contribution in [3.8, 4) is 17.1 Å². The number of hydrogen-bond donors (Lipinski definition) is 2. The summed E-state index contributed by atoms with van der Waals surface area (Å²) in [5.74, 6) is 1.64. The standard InChI is InChI=1S/C35H44N4O4S/c1-6-30(40)36-27-18-35(19-27)16-26(17-35)33-24-11-8-12-28(14-24)44(41,42)39-34-37-29(32-22(4)9-7-10-23(32)5)15-31(38-34)43-20-25(33)13-21(2)3/h7-12,14-15,21,25-27,33H,6,13,16-20H2,1-5H3,(H,36,40)(H,37,38,39)/t25-,26-,27-,33?,35?/m1/s1. The van der Waals surface area contributed by atoms with Crippen molar-refractivity contribution >= 4 is 21.9 Å². The van der Waals surface area contributed by atoms with E-state index in [1.807, 2.05) is 57.2 Å². The maximum atomic E-state index is 13.7. The molecule has 3 aromatic rings. The van der Waals surface area contributed by atoms with Crippen LogP contribution in [-0.2, 0) is 14.8 Å². The Labute approximate surface area is 261 Å². The van der Waals surface area contributed by atoms with Crippen molar-refractivity contribution < 1.29 is 17.9 Å². The Hall–Kier alpha value is -3.46. The number of anilines is 1. The number of aryl methyl sites for hydroxylation is 2. The lowest BCUT2D eigenvalue weighted by molar-refractivity contribution is -0.126. The Morgan fingerprint density at radius 2 is 1.75 bits per heavy atom. The maximum absolute atomic E-state index is 13.7. The van der Waals surface area contributed by atoms with Gasteiger partial charge in [0.1, 0.15) is 0 Å². The minimum absolute atomic E-state index is 0.00118. The summed E-state index contributed by atoms with van der Waals surface area (Å²) >= 11 is 0. The number of aromatic nitrogens is 2. The molecular formula is C35H44N4O4S. The number of hydrogen-bond acceptors (Lipinski definition) is 6. The summed E-state index contributed by atoms with van der Waals surface area (Å²) in [5.41, 5.74) is 4.97. The molecule has 1 aromatic heterocycles. The lowest BCUT2D eigenvalue weighted by Gasteiger charge is -2.60. The Morgan fingerprint density at radius 1 is 1.05 bits per heavy atom. The number of rotatable bonds is 6. The maximum Gasteiger partial charge on any atom is 0.264 e. The van der Waals surface area contributed by atoms with Crippen molar-refractivity contribution in [3.05, 3.63) is 65.2 Å². The zero-order chi connectivity index (χ0) is 31.2. The first-order chi connectivity index (χ1) is 20.9. The second kappa shape index (κ2) is 11.8. The average molecular weight is 617 g/mol. The van der Waals surface area contributed by atoms with Crippen LogP contribution in [0.15, 0.2) is 53.4 Å². The van der Waals surface area contributed by atoms with Crippen LogP contribution >= 0.6 is 0 Å². The SMILES string of the molecule is CCC(=O)N[C@H]1CC2(C1)C[C@H](C1c3cccc(c3)S(=O)(=O)Nc3nc(cc(-c4c(C)cccc4C)n3)OC[C@H]1CC(C)C)C2. The first kappa shape index (κ1) is 30.6. The second-order valence-electron chi connectivity index (χ2n) is 13.8. The molecule has 9 heteroatoms. The predicted molar refractivity (Wildman–Crippen MR) is 172 cm³/mol. The van der Waals surface area contributed by atoms with Gasteiger partial charge in [0.15, 0.2) is 0 Å². The molecule has 8 nitrogen and oxygen atoms in total. The summed E-state index contributed by atoms with van der Waals surface area (Å²) in [6, 6.07) is 15.6. The topological polar surface area (TPSA) is 110 Å². The lowest BCUT2D eigenvalue weighted by atomic mass is 9.46. The van der Waals surface area contributed by atoms with Crippen molar-refractivity contribution in [2.45, 2.75) is 90.0 Å². The van der Waals surface area contributed by atoms with Crippen LogP contribution in [0, 0.1) is 37.0 Å². The zero-order valence-electron chi connectivity index (χ0n) is 26.4. The first-order valence-corrected chi connectivity index (χ1v) is 17.4. The number of fused-ring (bicyclic) bond motifs is 4. The summed E-state index contributed by atoms with van der Waals surface area (Å²) in [6.07, 6.45) is 5.66. The number of sulfonamides is 1. The van der Waals surface area contributed by atoms with E-state index in [0.29, 0.717) is 36.4 Å². The number of carbonyl (C=O) groups is 1. The molecule has 1 unspecified atom stereocenters. The molecule has 6 rings (SSSR count). The van der Waals surface area contributed by atoms with Crippen LogP contribution in [0.2, 0.25) is 0 Å². The van der Waals surface area contributed by atoms with Crippen molar-refractivity contribution in [1.82, 2.24) is 15.3 Å². The van der Waals surface area contributed by atoms with Gasteiger partial charge in [0.25, 0.3) is 10.0 Å². The van der Waals surface area contributed by atoms with Gasteiger partial charge in [-0.25, -0.2) is 18.1 Å². The molecule has 4 bridgehead atoms. The molecule has 2 saturated carbocycles. The number of nitrogens with one attached hydrogen (secondary N) is 2. The predicted octanol–water partition coefficient (Wildman–Crippen LogP) is 6.78. The Kier molecular flexibility index (Phi) is 8.20. The summed E-state index contributed by atoms with van der Waals surface area (Å²) in [7, 11) is -3.95. The highest BCUT2D eigenvalue weighted by Gasteiger charge is 2.55. The third-order valence-electron chi connectivity index (χ3n) is 9.89. The van der Waals surface area contributed by atoms with Crippen molar-refractivity contribution in [3.63, 3.8) is 0 Å². The normalized spacial score (nSPS) is 27.1. The summed E-state index contributed by atoms with van der Waals surface area (Å²) in [5, 5.41) is 3.16. The van der Waals surface area contributed by atoms with Gasteiger partial charge in [-0.05, 0) is 97.9 Å². The molecule has 234 valence electrons. The van der Waals surface area contributed by atoms with Crippen LogP contribution < -0.4 is 14.8 Å². The summed E-state index contributed by atoms with van der Waals surface area (Å²) < 4.78 is 36.6. The molecule has 1 aliphatic heterocycles. The van der Waals surface area contributed by atoms with Gasteiger partial charge in [-0.2, -0.15) is 4.98 Å². The molecule has 2 aliphatic carbocycles. The van der Waals surface area contributed by atoms with Gasteiger partial charge in [-0.15, -0.1) is 0 Å². The molecule has 0 saturated heterocycles. The van der Waals surface area contributed by atoms with Crippen molar-refractivity contribution in [2.24, 2.45) is 23.2 Å². The third kappa shape index (κ3) is 6.08. The fraction of sp³-hybridized carbons (Fsp3) is 0.514. The fourth-order valence-corrected chi connectivity index (χ4v) is 9.06. The molecule has 2 atom stereocenters. The summed E-state index contributed by atoms with van der Waals surface area (Å²) in [4.78, 5) is 21.3. The Bertz CT molecular complexity index is 1640. The van der Waals surface area contributed by atoms with E-state index in [1.165, 1.54) is 0 Å². The first-order valence-electron chi connectivity index (χ1n) is 16.0. The van der Waals surface area contributed by atoms with Gasteiger partial charge in [0.2, 0.25) is 17.7 Å². The Balaban J connectivity index is 1.36. The number of nitrogens with zero attached hydrogens (tertiary/aromatic N) is 2. The molecule has 2 fully saturated rings. The number of benzene rings is 2. The quantitative estimate of drug-likeness (QED) is 0.316. The smallest absolute Gasteiger partial charge is 0.264 e. The molecule has 2 N–H and O–H groups in total. The third-order valence-corrected chi connectivity index (χ3v) is 11.2. The second-order valence-corrected chi connectivity index (χ2v) is 15.5. The van der Waals surface area contributed by atoms with Crippen LogP contribution in [0.4, 0.5) is 5.95 Å². The van der Waals surface area contributed by atoms with E-state index < -0.39 is 10.0 Å². The van der Waals surface area contributed by atoms with Gasteiger partial charge in [-0.1, -0.05) is 51.1 Å². The number of ether oxygens (including phenoxy) is 1. The van der Waals surface area contributed by atoms with Crippen LogP contribution in [0.3, 0.4) is 0 Å². The van der Waals surface area contributed by atoms with E-state index in [1.54, 1.807) is 6.07 Å². The average Bonchev–Trinajstić information content (AvgIpc) is 2.92. The molecule has 2 heterocycles. The monoisotopic (exact) mass is 616 g/mol. The zero-order valence-corrected chi connectivity index (χ0v) is 27.2. The Morgan fingerprint density at radius 3 is 2.43 bits per heavy atom. The van der Waals surface area contributed by atoms with Crippen LogP contribution in [0.5, 0.6) is 5.88 Å². The van der Waals surface area contributed by atoms with Gasteiger partial charge < -0.3 is 10.1 Å². The summed E-state index contributed by atoms with van der Waals surface area (Å²) in [6.45, 7) is 10.9. The highest BCUT2D eigenvalue weighted by Crippen LogP contribution is 2.63. The van der Waals surface area contributed by atoms with E-state index in [0.717, 1.165) is 54.4 Å². The minimum Gasteiger partial charge on any atom is -0.477 e. The van der Waals surface area contributed by atoms with Crippen LogP contribution in [-0.4, -0.2) is 36.9 Å². The van der Waals surface area contributed by atoms with Crippen molar-refractivity contribution in [1.29, 1.82) is 0 Å². The van der Waals surface area contributed by atoms with Gasteiger partial charge in [-0.3, -0.25) is 4.79 Å². The molecule has 1 spiro atoms. The van der Waals surface area contributed by atoms with E-state index in [4.69, 9.17) is 4.74 Å². The van der Waals surface area contributed by atoms with E-state index in [9.17, 15) is 13.2 Å². The molecular weight excluding hydrogens is 572 g/mol. The van der Waals surface area contributed by atoms with E-state index in [2.05, 4.69) is 39.9 Å². The minimum atomic E-state index is -3.95. The number of amides is 1. The largest absolute Gasteiger partial charge is 0.477 e. The van der Waals surface area contributed by atoms with E-state index >= 15 is 0 Å². The lowest BCUT2D eigenvalue weighted by Crippen LogP contribution is -2.57. The van der Waals surface area contributed by atoms with Crippen LogP contribution in [0.1, 0.15) is 81.9 Å². The van der Waals surface area contributed by atoms with Crippen LogP contribution in [0.25, 0.3) is 11.3 Å². The highest BCUT2D eigenvalue weighted by molar-refractivity contribution is 7.92. The number of carbonyl (C=O) groups excluding carboxylic acids is 1. The van der Waals surface area contributed by atoms with Gasteiger partial charge in [0.05, 0.1) is 17.2 Å². The van der Waals surface area contributed by atoms with E-state index in [-0.39, 0.29) is 40.0 Å². The van der Waals surface area contributed by atoms with Gasteiger partial charge in [0, 0.05) is 30.0 Å². The van der Waals surface area contributed by atoms with Gasteiger partial charge >= 0.3 is 0 Å². The molecule has 0 radical (unpaired) electrons. The highest BCUT2D eigenvalue weighted by atomic mass is 32.2.